The van der Waals surface area contributed by atoms with E-state index in [-0.39, 0.29) is 5.91 Å². The van der Waals surface area contributed by atoms with Gasteiger partial charge in [-0.15, -0.1) is 0 Å². The van der Waals surface area contributed by atoms with Crippen molar-refractivity contribution in [3.8, 4) is 0 Å². The normalized spacial score (nSPS) is 11.0. The molecule has 152 valence electrons. The number of rotatable bonds is 6. The summed E-state index contributed by atoms with van der Waals surface area (Å²) in [5.41, 5.74) is 6.58. The number of thiazole rings is 1. The highest BCUT2D eigenvalue weighted by Gasteiger charge is 2.21. The zero-order chi connectivity index (χ0) is 21.1. The van der Waals surface area contributed by atoms with E-state index in [1.54, 1.807) is 28.6 Å². The third-order valence-electron chi connectivity index (χ3n) is 5.20. The van der Waals surface area contributed by atoms with Crippen molar-refractivity contribution in [1.29, 1.82) is 0 Å². The number of amides is 1. The summed E-state index contributed by atoms with van der Waals surface area (Å²) >= 11 is 1.57. The highest BCUT2D eigenvalue weighted by molar-refractivity contribution is 7.22. The van der Waals surface area contributed by atoms with Gasteiger partial charge in [0.1, 0.15) is 0 Å². The van der Waals surface area contributed by atoms with Crippen LogP contribution in [0.1, 0.15) is 34.7 Å². The third kappa shape index (κ3) is 4.41. The Morgan fingerprint density at radius 1 is 1.03 bits per heavy atom. The van der Waals surface area contributed by atoms with E-state index in [1.165, 1.54) is 11.1 Å². The molecule has 0 saturated carbocycles. The molecule has 30 heavy (non-hydrogen) atoms. The molecule has 0 radical (unpaired) electrons. The fourth-order valence-electron chi connectivity index (χ4n) is 3.57. The number of pyridine rings is 1. The molecule has 2 heterocycles. The van der Waals surface area contributed by atoms with Gasteiger partial charge in [-0.2, -0.15) is 0 Å². The largest absolute Gasteiger partial charge is 0.283 e. The van der Waals surface area contributed by atoms with Gasteiger partial charge in [-0.25, -0.2) is 4.98 Å². The van der Waals surface area contributed by atoms with Crippen LogP contribution in [0.4, 0.5) is 5.13 Å². The van der Waals surface area contributed by atoms with Crippen LogP contribution in [0, 0.1) is 13.8 Å². The molecule has 4 rings (SSSR count). The number of hydrogen-bond acceptors (Lipinski definition) is 4. The first kappa shape index (κ1) is 20.2. The minimum absolute atomic E-state index is 0.0385. The maximum absolute atomic E-state index is 13.4. The van der Waals surface area contributed by atoms with E-state index in [9.17, 15) is 4.79 Å². The van der Waals surface area contributed by atoms with Crippen LogP contribution in [-0.4, -0.2) is 15.9 Å². The Labute approximate surface area is 181 Å². The van der Waals surface area contributed by atoms with Gasteiger partial charge in [0.25, 0.3) is 0 Å². The molecule has 1 amide bonds. The van der Waals surface area contributed by atoms with E-state index in [4.69, 9.17) is 4.98 Å². The molecule has 2 aromatic heterocycles. The summed E-state index contributed by atoms with van der Waals surface area (Å²) in [6.07, 6.45) is 4.89. The number of benzene rings is 2. The van der Waals surface area contributed by atoms with Gasteiger partial charge in [-0.05, 0) is 60.2 Å². The molecule has 0 N–H and O–H groups in total. The second kappa shape index (κ2) is 8.76. The van der Waals surface area contributed by atoms with Gasteiger partial charge in [0.2, 0.25) is 5.91 Å². The average molecular weight is 416 g/mol. The van der Waals surface area contributed by atoms with Crippen molar-refractivity contribution in [3.63, 3.8) is 0 Å². The van der Waals surface area contributed by atoms with Gasteiger partial charge < -0.3 is 0 Å². The number of carbonyl (C=O) groups excluding carboxylic acids is 1. The van der Waals surface area contributed by atoms with Crippen LogP contribution in [0.3, 0.4) is 0 Å². The van der Waals surface area contributed by atoms with Crippen molar-refractivity contribution in [2.45, 2.75) is 40.2 Å². The molecule has 0 fully saturated rings. The van der Waals surface area contributed by atoms with E-state index in [0.29, 0.717) is 13.0 Å². The smallest absolute Gasteiger partial charge is 0.233 e. The Morgan fingerprint density at radius 2 is 1.80 bits per heavy atom. The zero-order valence-corrected chi connectivity index (χ0v) is 18.4. The molecule has 5 heteroatoms. The fourth-order valence-corrected chi connectivity index (χ4v) is 4.73. The summed E-state index contributed by atoms with van der Waals surface area (Å²) in [5.74, 6) is 0.0385. The Balaban J connectivity index is 1.68. The lowest BCUT2D eigenvalue weighted by Gasteiger charge is -2.20. The highest BCUT2D eigenvalue weighted by Crippen LogP contribution is 2.32. The Kier molecular flexibility index (Phi) is 5.91. The number of nitrogens with zero attached hydrogens (tertiary/aromatic N) is 3. The summed E-state index contributed by atoms with van der Waals surface area (Å²) in [6, 6.07) is 16.4. The lowest BCUT2D eigenvalue weighted by Crippen LogP contribution is -2.31. The molecule has 2 aromatic carbocycles. The molecule has 0 saturated heterocycles. The van der Waals surface area contributed by atoms with Crippen LogP contribution in [0.25, 0.3) is 10.2 Å². The van der Waals surface area contributed by atoms with Gasteiger partial charge in [-0.3, -0.25) is 14.7 Å². The van der Waals surface area contributed by atoms with Crippen LogP contribution < -0.4 is 4.90 Å². The first-order valence-electron chi connectivity index (χ1n) is 10.2. The van der Waals surface area contributed by atoms with Gasteiger partial charge >= 0.3 is 0 Å². The Bertz CT molecular complexity index is 1170. The van der Waals surface area contributed by atoms with Crippen LogP contribution in [-0.2, 0) is 24.2 Å². The summed E-state index contributed by atoms with van der Waals surface area (Å²) in [6.45, 7) is 6.75. The zero-order valence-electron chi connectivity index (χ0n) is 17.6. The van der Waals surface area contributed by atoms with Gasteiger partial charge in [-0.1, -0.05) is 54.7 Å². The molecule has 0 bridgehead atoms. The minimum Gasteiger partial charge on any atom is -0.283 e. The molecule has 0 unspecified atom stereocenters. The molecule has 0 aliphatic heterocycles. The first-order valence-corrected chi connectivity index (χ1v) is 11.0. The average Bonchev–Trinajstić information content (AvgIpc) is 3.17. The van der Waals surface area contributed by atoms with E-state index in [1.807, 2.05) is 24.3 Å². The summed E-state index contributed by atoms with van der Waals surface area (Å²) in [7, 11) is 0. The van der Waals surface area contributed by atoms with Gasteiger partial charge in [0.05, 0.1) is 23.2 Å². The van der Waals surface area contributed by atoms with Crippen LogP contribution in [0.2, 0.25) is 0 Å². The number of hydrogen-bond donors (Lipinski definition) is 0. The molecule has 4 aromatic rings. The number of fused-ring (bicyclic) bond motifs is 1. The van der Waals surface area contributed by atoms with E-state index in [2.05, 4.69) is 50.0 Å². The second-order valence-electron chi connectivity index (χ2n) is 7.61. The maximum atomic E-state index is 13.4. The number of carbonyl (C=O) groups is 1. The van der Waals surface area contributed by atoms with Crippen molar-refractivity contribution in [3.05, 3.63) is 88.7 Å². The molecular weight excluding hydrogens is 390 g/mol. The highest BCUT2D eigenvalue weighted by atomic mass is 32.1. The number of aryl methyl sites for hydroxylation is 3. The predicted octanol–water partition coefficient (Wildman–Crippen LogP) is 5.65. The maximum Gasteiger partial charge on any atom is 0.233 e. The molecule has 0 spiro atoms. The topological polar surface area (TPSA) is 46.1 Å². The summed E-state index contributed by atoms with van der Waals surface area (Å²) < 4.78 is 1.11. The van der Waals surface area contributed by atoms with E-state index >= 15 is 0 Å². The van der Waals surface area contributed by atoms with E-state index in [0.717, 1.165) is 38.5 Å². The van der Waals surface area contributed by atoms with Gasteiger partial charge in [0, 0.05) is 12.4 Å². The van der Waals surface area contributed by atoms with Crippen LogP contribution >= 0.6 is 11.3 Å². The molecule has 0 atom stereocenters. The second-order valence-corrected chi connectivity index (χ2v) is 8.62. The van der Waals surface area contributed by atoms with Gasteiger partial charge in [0.15, 0.2) is 5.13 Å². The monoisotopic (exact) mass is 415 g/mol. The van der Waals surface area contributed by atoms with E-state index < -0.39 is 0 Å². The first-order chi connectivity index (χ1) is 14.5. The lowest BCUT2D eigenvalue weighted by atomic mass is 10.1. The molecular formula is C25H25N3OS. The van der Waals surface area contributed by atoms with Crippen LogP contribution in [0.15, 0.2) is 60.9 Å². The summed E-state index contributed by atoms with van der Waals surface area (Å²) in [4.78, 5) is 24.2. The lowest BCUT2D eigenvalue weighted by molar-refractivity contribution is -0.118. The fraction of sp³-hybridized carbons (Fsp3) is 0.240. The molecule has 0 aliphatic carbocycles. The van der Waals surface area contributed by atoms with Crippen molar-refractivity contribution >= 4 is 32.6 Å². The summed E-state index contributed by atoms with van der Waals surface area (Å²) in [5, 5.41) is 0.734. The Hall–Kier alpha value is -3.05. The minimum atomic E-state index is 0.0385. The third-order valence-corrected chi connectivity index (χ3v) is 6.23. The van der Waals surface area contributed by atoms with Crippen LogP contribution in [0.5, 0.6) is 0 Å². The van der Waals surface area contributed by atoms with Crippen molar-refractivity contribution in [1.82, 2.24) is 9.97 Å². The Morgan fingerprint density at radius 3 is 2.50 bits per heavy atom. The van der Waals surface area contributed by atoms with Crippen molar-refractivity contribution in [2.24, 2.45) is 0 Å². The number of aromatic nitrogens is 2. The van der Waals surface area contributed by atoms with Crippen molar-refractivity contribution in [2.75, 3.05) is 4.90 Å². The number of anilines is 1. The molecule has 0 aliphatic rings. The standard InChI is InChI=1S/C25H25N3OS/c1-4-19-7-9-20(10-8-19)14-23(29)28(16-21-6-5-11-26-15-21)25-27-24-18(3)12-17(2)13-22(24)30-25/h5-13,15H,4,14,16H2,1-3H3. The van der Waals surface area contributed by atoms with Crippen molar-refractivity contribution < 1.29 is 4.79 Å². The predicted molar refractivity (Wildman–Crippen MR) is 124 cm³/mol. The quantitative estimate of drug-likeness (QED) is 0.409. The molecule has 4 nitrogen and oxygen atoms in total. The SMILES string of the molecule is CCc1ccc(CC(=O)N(Cc2cccnc2)c2nc3c(C)cc(C)cc3s2)cc1.